The highest BCUT2D eigenvalue weighted by Crippen LogP contribution is 2.17. The number of hydrogen-bond donors (Lipinski definition) is 1. The molecule has 1 nitrogen and oxygen atoms in total. The Hall–Kier alpha value is -0.180. The summed E-state index contributed by atoms with van der Waals surface area (Å²) in [6.45, 7) is 2.24. The summed E-state index contributed by atoms with van der Waals surface area (Å²) in [4.78, 5) is 0. The van der Waals surface area contributed by atoms with Crippen molar-refractivity contribution in [2.24, 2.45) is 0 Å². The Morgan fingerprint density at radius 1 is 1.24 bits per heavy atom. The molecule has 0 saturated carbocycles. The van der Waals surface area contributed by atoms with Crippen LogP contribution in [0.4, 0.5) is 0 Å². The van der Waals surface area contributed by atoms with Crippen LogP contribution in [0.2, 0.25) is 5.02 Å². The zero-order valence-corrected chi connectivity index (χ0v) is 12.3. The summed E-state index contributed by atoms with van der Waals surface area (Å²) in [6.07, 6.45) is 3.90. The van der Waals surface area contributed by atoms with Crippen molar-refractivity contribution in [3.8, 4) is 0 Å². The van der Waals surface area contributed by atoms with E-state index in [4.69, 9.17) is 11.6 Å². The summed E-state index contributed by atoms with van der Waals surface area (Å²) >= 11 is 7.85. The summed E-state index contributed by atoms with van der Waals surface area (Å²) in [7, 11) is 2.03. The summed E-state index contributed by atoms with van der Waals surface area (Å²) in [5.74, 6) is 2.35. The molecule has 0 saturated heterocycles. The predicted molar refractivity (Wildman–Crippen MR) is 80.0 cm³/mol. The lowest BCUT2D eigenvalue weighted by Crippen LogP contribution is -2.20. The van der Waals surface area contributed by atoms with E-state index >= 15 is 0 Å². The third-order valence-electron chi connectivity index (χ3n) is 2.85. The summed E-state index contributed by atoms with van der Waals surface area (Å²) in [5.41, 5.74) is 1.36. The van der Waals surface area contributed by atoms with Crippen molar-refractivity contribution in [3.63, 3.8) is 0 Å². The lowest BCUT2D eigenvalue weighted by molar-refractivity contribution is 0.539. The van der Waals surface area contributed by atoms with E-state index in [2.05, 4.69) is 24.4 Å². The van der Waals surface area contributed by atoms with E-state index in [1.54, 1.807) is 0 Å². The largest absolute Gasteiger partial charge is 0.317 e. The smallest absolute Gasteiger partial charge is 0.0406 e. The maximum Gasteiger partial charge on any atom is 0.0406 e. The van der Waals surface area contributed by atoms with Crippen molar-refractivity contribution < 1.29 is 0 Å². The van der Waals surface area contributed by atoms with Gasteiger partial charge in [-0.25, -0.2) is 0 Å². The van der Waals surface area contributed by atoms with Gasteiger partial charge in [-0.15, -0.1) is 0 Å². The van der Waals surface area contributed by atoms with Gasteiger partial charge in [-0.05, 0) is 50.3 Å². The van der Waals surface area contributed by atoms with E-state index in [0.29, 0.717) is 6.04 Å². The van der Waals surface area contributed by atoms with Crippen molar-refractivity contribution in [1.82, 2.24) is 5.32 Å². The van der Waals surface area contributed by atoms with Gasteiger partial charge >= 0.3 is 0 Å². The monoisotopic (exact) mass is 271 g/mol. The zero-order chi connectivity index (χ0) is 12.5. The first kappa shape index (κ1) is 14.9. The van der Waals surface area contributed by atoms with Crippen LogP contribution < -0.4 is 5.32 Å². The first-order chi connectivity index (χ1) is 8.22. The van der Waals surface area contributed by atoms with E-state index in [1.165, 1.54) is 30.6 Å². The Kier molecular flexibility index (Phi) is 7.74. The predicted octanol–water partition coefficient (Wildman–Crippen LogP) is 4.35. The second-order valence-electron chi connectivity index (χ2n) is 4.36. The van der Waals surface area contributed by atoms with Crippen LogP contribution in [0.5, 0.6) is 0 Å². The molecule has 0 bridgehead atoms. The van der Waals surface area contributed by atoms with Gasteiger partial charge in [-0.2, -0.15) is 11.8 Å². The van der Waals surface area contributed by atoms with Gasteiger partial charge in [-0.3, -0.25) is 0 Å². The van der Waals surface area contributed by atoms with Gasteiger partial charge in [-0.1, -0.05) is 30.2 Å². The van der Waals surface area contributed by atoms with Gasteiger partial charge in [0.15, 0.2) is 0 Å². The fourth-order valence-electron chi connectivity index (χ4n) is 1.57. The number of benzene rings is 1. The third kappa shape index (κ3) is 6.97. The Morgan fingerprint density at radius 2 is 1.94 bits per heavy atom. The highest BCUT2D eigenvalue weighted by molar-refractivity contribution is 7.98. The molecule has 1 aromatic rings. The average molecular weight is 272 g/mol. The molecule has 1 atom stereocenters. The average Bonchev–Trinajstić information content (AvgIpc) is 2.35. The molecule has 0 amide bonds. The van der Waals surface area contributed by atoms with Crippen LogP contribution in [0, 0.1) is 0 Å². The van der Waals surface area contributed by atoms with Gasteiger partial charge in [0.05, 0.1) is 0 Å². The summed E-state index contributed by atoms with van der Waals surface area (Å²) < 4.78 is 0. The van der Waals surface area contributed by atoms with Gasteiger partial charge in [0, 0.05) is 16.8 Å². The molecule has 0 heterocycles. The highest BCUT2D eigenvalue weighted by atomic mass is 35.5. The number of hydrogen-bond acceptors (Lipinski definition) is 2. The zero-order valence-electron chi connectivity index (χ0n) is 10.7. The topological polar surface area (TPSA) is 12.0 Å². The Balaban J connectivity index is 2.02. The molecule has 0 fully saturated rings. The van der Waals surface area contributed by atoms with Crippen LogP contribution in [0.3, 0.4) is 0 Å². The fourth-order valence-corrected chi connectivity index (χ4v) is 2.68. The molecule has 1 rings (SSSR count). The first-order valence-corrected chi connectivity index (χ1v) is 7.75. The quantitative estimate of drug-likeness (QED) is 0.706. The molecule has 3 heteroatoms. The van der Waals surface area contributed by atoms with Crippen LogP contribution in [-0.2, 0) is 5.75 Å². The molecule has 0 aromatic heterocycles. The molecule has 0 spiro atoms. The second-order valence-corrected chi connectivity index (χ2v) is 5.91. The van der Waals surface area contributed by atoms with Gasteiger partial charge in [0.25, 0.3) is 0 Å². The second kappa shape index (κ2) is 8.84. The van der Waals surface area contributed by atoms with Gasteiger partial charge in [0.2, 0.25) is 0 Å². The Labute approximate surface area is 114 Å². The minimum atomic E-state index is 0.649. The van der Waals surface area contributed by atoms with Crippen molar-refractivity contribution in [1.29, 1.82) is 0 Å². The van der Waals surface area contributed by atoms with Crippen LogP contribution in [-0.4, -0.2) is 18.8 Å². The molecule has 0 radical (unpaired) electrons. The standard InChI is InChI=1S/C14H22ClNS/c1-12(16-2)5-3-4-10-17-11-13-6-8-14(15)9-7-13/h6-9,12,16H,3-5,10-11H2,1-2H3. The van der Waals surface area contributed by atoms with Crippen LogP contribution >= 0.6 is 23.4 Å². The fraction of sp³-hybridized carbons (Fsp3) is 0.571. The SMILES string of the molecule is CNC(C)CCCCSCc1ccc(Cl)cc1. The van der Waals surface area contributed by atoms with E-state index in [-0.39, 0.29) is 0 Å². The number of nitrogens with one attached hydrogen (secondary N) is 1. The molecular weight excluding hydrogens is 250 g/mol. The maximum absolute atomic E-state index is 5.84. The van der Waals surface area contributed by atoms with Crippen molar-refractivity contribution in [2.75, 3.05) is 12.8 Å². The molecule has 0 aliphatic heterocycles. The lowest BCUT2D eigenvalue weighted by atomic mass is 10.1. The normalized spacial score (nSPS) is 12.6. The van der Waals surface area contributed by atoms with Gasteiger partial charge in [0.1, 0.15) is 0 Å². The van der Waals surface area contributed by atoms with Crippen molar-refractivity contribution >= 4 is 23.4 Å². The number of halogens is 1. The van der Waals surface area contributed by atoms with Crippen LogP contribution in [0.25, 0.3) is 0 Å². The number of rotatable bonds is 8. The lowest BCUT2D eigenvalue weighted by Gasteiger charge is -2.09. The van der Waals surface area contributed by atoms with Crippen LogP contribution in [0.15, 0.2) is 24.3 Å². The minimum absolute atomic E-state index is 0.649. The molecule has 0 aliphatic carbocycles. The van der Waals surface area contributed by atoms with Crippen molar-refractivity contribution in [2.45, 2.75) is 38.0 Å². The minimum Gasteiger partial charge on any atom is -0.317 e. The highest BCUT2D eigenvalue weighted by Gasteiger charge is 1.98. The van der Waals surface area contributed by atoms with E-state index in [0.717, 1.165) is 10.8 Å². The first-order valence-electron chi connectivity index (χ1n) is 6.22. The molecule has 17 heavy (non-hydrogen) atoms. The molecule has 96 valence electrons. The third-order valence-corrected chi connectivity index (χ3v) is 4.22. The molecule has 0 aliphatic rings. The Bertz CT molecular complexity index is 300. The van der Waals surface area contributed by atoms with E-state index in [1.807, 2.05) is 30.9 Å². The molecule has 1 unspecified atom stereocenters. The molecular formula is C14H22ClNS. The number of unbranched alkanes of at least 4 members (excludes halogenated alkanes) is 1. The van der Waals surface area contributed by atoms with E-state index in [9.17, 15) is 0 Å². The molecule has 1 N–H and O–H groups in total. The van der Waals surface area contributed by atoms with Crippen LogP contribution in [0.1, 0.15) is 31.7 Å². The number of thioether (sulfide) groups is 1. The summed E-state index contributed by atoms with van der Waals surface area (Å²) in [6, 6.07) is 8.80. The Morgan fingerprint density at radius 3 is 2.59 bits per heavy atom. The van der Waals surface area contributed by atoms with Crippen molar-refractivity contribution in [3.05, 3.63) is 34.9 Å². The van der Waals surface area contributed by atoms with E-state index < -0.39 is 0 Å². The molecule has 1 aromatic carbocycles. The van der Waals surface area contributed by atoms with Gasteiger partial charge < -0.3 is 5.32 Å². The maximum atomic E-state index is 5.84. The summed E-state index contributed by atoms with van der Waals surface area (Å²) in [5, 5.41) is 4.09.